The Bertz CT molecular complexity index is 323. The Hall–Kier alpha value is -0.730. The third-order valence-corrected chi connectivity index (χ3v) is 2.10. The number of allylic oxidation sites excluding steroid dienone is 2. The Balaban J connectivity index is 0.000000228. The molecule has 0 spiro atoms. The van der Waals surface area contributed by atoms with Crippen molar-refractivity contribution < 1.29 is 17.5 Å². The Labute approximate surface area is 102 Å². The average molecular weight is 264 g/mol. The van der Waals surface area contributed by atoms with Crippen LogP contribution in [0.25, 0.3) is 0 Å². The molecule has 0 heterocycles. The second kappa shape index (κ2) is 8.37. The summed E-state index contributed by atoms with van der Waals surface area (Å²) in [5.74, 6) is 0. The molecule has 0 saturated heterocycles. The average Bonchev–Trinajstić information content (AvgIpc) is 2.76. The Morgan fingerprint density at radius 1 is 0.941 bits per heavy atom. The lowest BCUT2D eigenvalue weighted by Crippen LogP contribution is -2.11. The molecule has 6 N–H and O–H groups in total. The first kappa shape index (κ1) is 16.3. The van der Waals surface area contributed by atoms with Crippen molar-refractivity contribution in [3.63, 3.8) is 0 Å². The topological polar surface area (TPSA) is 127 Å². The van der Waals surface area contributed by atoms with Gasteiger partial charge in [-0.15, -0.1) is 0 Å². The van der Waals surface area contributed by atoms with Gasteiger partial charge >= 0.3 is 10.4 Å². The molecule has 2 aliphatic rings. The van der Waals surface area contributed by atoms with Gasteiger partial charge in [-0.05, 0) is 25.7 Å². The summed E-state index contributed by atoms with van der Waals surface area (Å²) in [7, 11) is -4.67. The summed E-state index contributed by atoms with van der Waals surface area (Å²) in [5, 5.41) is 0. The molecule has 2 aliphatic carbocycles. The molecule has 2 rings (SSSR count). The van der Waals surface area contributed by atoms with E-state index >= 15 is 0 Å². The highest BCUT2D eigenvalue weighted by molar-refractivity contribution is 7.79. The van der Waals surface area contributed by atoms with Gasteiger partial charge < -0.3 is 11.5 Å². The quantitative estimate of drug-likeness (QED) is 0.376. The highest BCUT2D eigenvalue weighted by Crippen LogP contribution is 2.05. The van der Waals surface area contributed by atoms with Crippen LogP contribution in [0, 0.1) is 0 Å². The van der Waals surface area contributed by atoms with Crippen molar-refractivity contribution in [1.82, 2.24) is 0 Å². The maximum atomic E-state index is 8.74. The van der Waals surface area contributed by atoms with Crippen LogP contribution in [0.1, 0.15) is 25.7 Å². The van der Waals surface area contributed by atoms with E-state index in [1.807, 2.05) is 0 Å². The van der Waals surface area contributed by atoms with Crippen LogP contribution < -0.4 is 11.5 Å². The lowest BCUT2D eigenvalue weighted by molar-refractivity contribution is 0.381. The zero-order valence-electron chi connectivity index (χ0n) is 9.57. The summed E-state index contributed by atoms with van der Waals surface area (Å²) >= 11 is 0. The fraction of sp³-hybridized carbons (Fsp3) is 0.600. The van der Waals surface area contributed by atoms with Crippen molar-refractivity contribution in [2.75, 3.05) is 0 Å². The Kier molecular flexibility index (Phi) is 8.01. The molecule has 2 unspecified atom stereocenters. The molecule has 7 heteroatoms. The second-order valence-corrected chi connectivity index (χ2v) is 4.68. The third-order valence-electron chi connectivity index (χ3n) is 2.10. The molecule has 0 aromatic heterocycles. The molecule has 0 aromatic rings. The first-order valence-electron chi connectivity index (χ1n) is 5.33. The van der Waals surface area contributed by atoms with Crippen molar-refractivity contribution >= 4 is 10.4 Å². The highest BCUT2D eigenvalue weighted by Gasteiger charge is 1.99. The number of hydrogen-bond acceptors (Lipinski definition) is 4. The van der Waals surface area contributed by atoms with Crippen molar-refractivity contribution in [3.8, 4) is 0 Å². The lowest BCUT2D eigenvalue weighted by atomic mass is 10.3. The van der Waals surface area contributed by atoms with Crippen LogP contribution in [-0.2, 0) is 10.4 Å². The standard InChI is InChI=1S/2C5H9N.H2O4S/c2*6-5-3-1-2-4-5;1-5(2,3)4/h2*1,3,5H,2,4,6H2;(H2,1,2,3,4). The Morgan fingerprint density at radius 3 is 1.29 bits per heavy atom. The SMILES string of the molecule is NC1C=CCC1.NC1C=CCC1.O=S(=O)(O)O. The van der Waals surface area contributed by atoms with Crippen LogP contribution in [0.15, 0.2) is 24.3 Å². The van der Waals surface area contributed by atoms with Gasteiger partial charge in [0.2, 0.25) is 0 Å². The molecular weight excluding hydrogens is 244 g/mol. The first-order chi connectivity index (χ1) is 7.79. The molecule has 100 valence electrons. The van der Waals surface area contributed by atoms with Crippen LogP contribution in [0.3, 0.4) is 0 Å². The Morgan fingerprint density at radius 2 is 1.24 bits per heavy atom. The van der Waals surface area contributed by atoms with Crippen LogP contribution in [0.4, 0.5) is 0 Å². The molecule has 0 aromatic carbocycles. The van der Waals surface area contributed by atoms with Gasteiger partial charge in [0.1, 0.15) is 0 Å². The largest absolute Gasteiger partial charge is 0.394 e. The van der Waals surface area contributed by atoms with Gasteiger partial charge in [-0.25, -0.2) is 0 Å². The van der Waals surface area contributed by atoms with Gasteiger partial charge in [-0.3, -0.25) is 9.11 Å². The van der Waals surface area contributed by atoms with Gasteiger partial charge in [0.05, 0.1) is 0 Å². The van der Waals surface area contributed by atoms with E-state index in [2.05, 4.69) is 24.3 Å². The van der Waals surface area contributed by atoms with Crippen molar-refractivity contribution in [2.24, 2.45) is 11.5 Å². The molecule has 0 aliphatic heterocycles. The third kappa shape index (κ3) is 15.3. The van der Waals surface area contributed by atoms with E-state index in [9.17, 15) is 0 Å². The van der Waals surface area contributed by atoms with Crippen LogP contribution in [-0.4, -0.2) is 29.6 Å². The van der Waals surface area contributed by atoms with Crippen LogP contribution >= 0.6 is 0 Å². The van der Waals surface area contributed by atoms with Gasteiger partial charge in [-0.1, -0.05) is 24.3 Å². The smallest absolute Gasteiger partial charge is 0.324 e. The van der Waals surface area contributed by atoms with Crippen molar-refractivity contribution in [1.29, 1.82) is 0 Å². The first-order valence-corrected chi connectivity index (χ1v) is 6.73. The minimum Gasteiger partial charge on any atom is -0.324 e. The molecule has 2 atom stereocenters. The predicted octanol–water partition coefficient (Wildman–Crippen LogP) is 0.675. The maximum absolute atomic E-state index is 8.74. The molecule has 0 radical (unpaired) electrons. The molecule has 17 heavy (non-hydrogen) atoms. The minimum absolute atomic E-state index is 0.366. The van der Waals surface area contributed by atoms with Gasteiger partial charge in [0, 0.05) is 12.1 Å². The summed E-state index contributed by atoms with van der Waals surface area (Å²) in [6, 6.07) is 0.731. The van der Waals surface area contributed by atoms with E-state index in [0.717, 1.165) is 12.8 Å². The predicted molar refractivity (Wildman–Crippen MR) is 66.9 cm³/mol. The normalized spacial score (nSPS) is 25.9. The van der Waals surface area contributed by atoms with E-state index in [1.165, 1.54) is 12.8 Å². The maximum Gasteiger partial charge on any atom is 0.394 e. The second-order valence-electron chi connectivity index (χ2n) is 3.79. The molecule has 0 bridgehead atoms. The molecular formula is C10H20N2O4S. The van der Waals surface area contributed by atoms with Gasteiger partial charge in [0.25, 0.3) is 0 Å². The van der Waals surface area contributed by atoms with E-state index in [-0.39, 0.29) is 0 Å². The zero-order chi connectivity index (χ0) is 13.3. The highest BCUT2D eigenvalue weighted by atomic mass is 32.3. The summed E-state index contributed by atoms with van der Waals surface area (Å²) in [4.78, 5) is 0. The minimum atomic E-state index is -4.67. The van der Waals surface area contributed by atoms with E-state index in [0.29, 0.717) is 12.1 Å². The summed E-state index contributed by atoms with van der Waals surface area (Å²) in [6.07, 6.45) is 13.0. The van der Waals surface area contributed by atoms with Crippen molar-refractivity contribution in [3.05, 3.63) is 24.3 Å². The zero-order valence-corrected chi connectivity index (χ0v) is 10.4. The van der Waals surface area contributed by atoms with E-state index in [1.54, 1.807) is 0 Å². The molecule has 0 amide bonds. The number of nitrogens with two attached hydrogens (primary N) is 2. The number of rotatable bonds is 0. The van der Waals surface area contributed by atoms with E-state index < -0.39 is 10.4 Å². The lowest BCUT2D eigenvalue weighted by Gasteiger charge is -1.90. The monoisotopic (exact) mass is 264 g/mol. The number of hydrogen-bond donors (Lipinski definition) is 4. The van der Waals surface area contributed by atoms with Crippen LogP contribution in [0.2, 0.25) is 0 Å². The van der Waals surface area contributed by atoms with Crippen LogP contribution in [0.5, 0.6) is 0 Å². The van der Waals surface area contributed by atoms with Gasteiger partial charge in [-0.2, -0.15) is 8.42 Å². The summed E-state index contributed by atoms with van der Waals surface area (Å²) in [6.45, 7) is 0. The molecule has 0 saturated carbocycles. The van der Waals surface area contributed by atoms with E-state index in [4.69, 9.17) is 29.0 Å². The summed E-state index contributed by atoms with van der Waals surface area (Å²) in [5.41, 5.74) is 10.9. The van der Waals surface area contributed by atoms with Crippen molar-refractivity contribution in [2.45, 2.75) is 37.8 Å². The summed E-state index contributed by atoms with van der Waals surface area (Å²) < 4.78 is 31.6. The fourth-order valence-electron chi connectivity index (χ4n) is 1.31. The molecule has 6 nitrogen and oxygen atoms in total. The fourth-order valence-corrected chi connectivity index (χ4v) is 1.31. The van der Waals surface area contributed by atoms with Gasteiger partial charge in [0.15, 0.2) is 0 Å². The molecule has 0 fully saturated rings.